The molecule has 4 rings (SSSR count). The molecule has 0 saturated carbocycles. The Bertz CT molecular complexity index is 1170. The first kappa shape index (κ1) is 20.6. The zero-order valence-electron chi connectivity index (χ0n) is 16.0. The lowest BCUT2D eigenvalue weighted by Gasteiger charge is -2.19. The predicted octanol–water partition coefficient (Wildman–Crippen LogP) is 5.30. The van der Waals surface area contributed by atoms with Crippen molar-refractivity contribution < 1.29 is 4.79 Å². The molecular formula is C22H18Cl2N4OS. The number of aromatic nitrogens is 3. The van der Waals surface area contributed by atoms with E-state index in [9.17, 15) is 4.79 Å². The molecule has 0 bridgehead atoms. The summed E-state index contributed by atoms with van der Waals surface area (Å²) in [4.78, 5) is 21.9. The minimum absolute atomic E-state index is 0.144. The number of nitrogens with one attached hydrogen (secondary N) is 1. The largest absolute Gasteiger partial charge is 0.342 e. The first-order chi connectivity index (χ1) is 14.5. The Morgan fingerprint density at radius 1 is 1.17 bits per heavy atom. The fourth-order valence-corrected chi connectivity index (χ4v) is 4.40. The Kier molecular flexibility index (Phi) is 6.18. The van der Waals surface area contributed by atoms with E-state index < -0.39 is 6.04 Å². The minimum Gasteiger partial charge on any atom is -0.342 e. The fraction of sp³-hybridized carbons (Fsp3) is 0.136. The van der Waals surface area contributed by atoms with Crippen LogP contribution in [0.5, 0.6) is 0 Å². The van der Waals surface area contributed by atoms with Crippen molar-refractivity contribution in [3.63, 3.8) is 0 Å². The van der Waals surface area contributed by atoms with Gasteiger partial charge in [0.15, 0.2) is 0 Å². The molecule has 0 saturated heterocycles. The number of hydrogen-bond acceptors (Lipinski definition) is 4. The summed E-state index contributed by atoms with van der Waals surface area (Å²) >= 11 is 13.8. The van der Waals surface area contributed by atoms with Crippen LogP contribution in [-0.2, 0) is 18.3 Å². The number of carbonyl (C=O) groups is 1. The Morgan fingerprint density at radius 3 is 2.63 bits per heavy atom. The summed E-state index contributed by atoms with van der Waals surface area (Å²) in [5.41, 5.74) is 2.46. The van der Waals surface area contributed by atoms with Crippen LogP contribution in [0.2, 0.25) is 10.0 Å². The smallest absolute Gasteiger partial charge is 0.226 e. The van der Waals surface area contributed by atoms with E-state index in [0.717, 1.165) is 22.0 Å². The molecule has 0 aliphatic heterocycles. The van der Waals surface area contributed by atoms with Crippen molar-refractivity contribution in [2.75, 3.05) is 0 Å². The molecule has 152 valence electrons. The van der Waals surface area contributed by atoms with Crippen molar-refractivity contribution in [2.24, 2.45) is 7.05 Å². The molecule has 5 nitrogen and oxygen atoms in total. The van der Waals surface area contributed by atoms with Gasteiger partial charge in [-0.15, -0.1) is 11.3 Å². The van der Waals surface area contributed by atoms with Crippen molar-refractivity contribution in [1.82, 2.24) is 19.9 Å². The third-order valence-electron chi connectivity index (χ3n) is 4.62. The molecule has 1 N–H and O–H groups in total. The van der Waals surface area contributed by atoms with Crippen molar-refractivity contribution in [2.45, 2.75) is 12.5 Å². The van der Waals surface area contributed by atoms with Crippen LogP contribution in [0.4, 0.5) is 0 Å². The summed E-state index contributed by atoms with van der Waals surface area (Å²) in [5.74, 6) is 0.592. The van der Waals surface area contributed by atoms with E-state index in [1.54, 1.807) is 18.3 Å². The summed E-state index contributed by atoms with van der Waals surface area (Å²) in [6.07, 6.45) is 3.72. The number of rotatable bonds is 6. The van der Waals surface area contributed by atoms with Gasteiger partial charge < -0.3 is 9.88 Å². The molecule has 0 aliphatic carbocycles. The maximum atomic E-state index is 12.8. The lowest BCUT2D eigenvalue weighted by molar-refractivity contribution is -0.121. The molecule has 2 aromatic heterocycles. The first-order valence-electron chi connectivity index (χ1n) is 9.22. The summed E-state index contributed by atoms with van der Waals surface area (Å²) in [7, 11) is 1.90. The van der Waals surface area contributed by atoms with Crippen molar-refractivity contribution in [1.29, 1.82) is 0 Å². The standard InChI is InChI=1S/C22H18Cl2N4OS/c1-28-11-10-25-21(28)20(14-6-8-15(23)9-7-14)27-19(29)12-16-13-30-22(26-16)17-4-2-3-5-18(17)24/h2-11,13,20H,12H2,1H3,(H,27,29). The van der Waals surface area contributed by atoms with Crippen LogP contribution < -0.4 is 5.32 Å². The van der Waals surface area contributed by atoms with Crippen LogP contribution in [0.15, 0.2) is 66.3 Å². The number of carbonyl (C=O) groups excluding carboxylic acids is 1. The highest BCUT2D eigenvalue weighted by Gasteiger charge is 2.21. The van der Waals surface area contributed by atoms with Gasteiger partial charge in [0, 0.05) is 35.4 Å². The monoisotopic (exact) mass is 456 g/mol. The van der Waals surface area contributed by atoms with E-state index in [4.69, 9.17) is 23.2 Å². The average molecular weight is 457 g/mol. The van der Waals surface area contributed by atoms with Crippen LogP contribution in [0.25, 0.3) is 10.6 Å². The topological polar surface area (TPSA) is 59.8 Å². The molecule has 1 atom stereocenters. The van der Waals surface area contributed by atoms with E-state index in [2.05, 4.69) is 15.3 Å². The molecule has 1 amide bonds. The number of thiazole rings is 1. The number of aryl methyl sites for hydroxylation is 1. The third kappa shape index (κ3) is 4.56. The van der Waals surface area contributed by atoms with Crippen LogP contribution >= 0.6 is 34.5 Å². The highest BCUT2D eigenvalue weighted by molar-refractivity contribution is 7.13. The van der Waals surface area contributed by atoms with Gasteiger partial charge in [-0.1, -0.05) is 53.5 Å². The van der Waals surface area contributed by atoms with E-state index in [-0.39, 0.29) is 12.3 Å². The number of halogens is 2. The highest BCUT2D eigenvalue weighted by Crippen LogP contribution is 2.30. The Labute approximate surface area is 188 Å². The molecule has 0 fully saturated rings. The average Bonchev–Trinajstić information content (AvgIpc) is 3.36. The summed E-state index contributed by atoms with van der Waals surface area (Å²) in [5, 5.41) is 7.03. The van der Waals surface area contributed by atoms with Crippen LogP contribution in [0.1, 0.15) is 23.1 Å². The van der Waals surface area contributed by atoms with Gasteiger partial charge in [0.05, 0.1) is 17.1 Å². The number of hydrogen-bond donors (Lipinski definition) is 1. The Morgan fingerprint density at radius 2 is 1.93 bits per heavy atom. The zero-order valence-corrected chi connectivity index (χ0v) is 18.4. The third-order valence-corrected chi connectivity index (χ3v) is 6.13. The van der Waals surface area contributed by atoms with Gasteiger partial charge in [-0.3, -0.25) is 4.79 Å². The molecule has 0 aliphatic rings. The molecule has 8 heteroatoms. The molecule has 2 aromatic carbocycles. The number of nitrogens with zero attached hydrogens (tertiary/aromatic N) is 3. The normalized spacial score (nSPS) is 12.0. The maximum absolute atomic E-state index is 12.8. The van der Waals surface area contributed by atoms with E-state index in [1.165, 1.54) is 11.3 Å². The van der Waals surface area contributed by atoms with Crippen LogP contribution in [0.3, 0.4) is 0 Å². The van der Waals surface area contributed by atoms with Crippen molar-refractivity contribution in [3.05, 3.63) is 93.4 Å². The molecule has 0 radical (unpaired) electrons. The van der Waals surface area contributed by atoms with Crippen molar-refractivity contribution in [3.8, 4) is 10.6 Å². The number of amides is 1. The Hall–Kier alpha value is -2.67. The fourth-order valence-electron chi connectivity index (χ4n) is 3.13. The number of imidazole rings is 1. The molecule has 0 spiro atoms. The molecular weight excluding hydrogens is 439 g/mol. The second kappa shape index (κ2) is 9.00. The van der Waals surface area contributed by atoms with E-state index in [0.29, 0.717) is 15.7 Å². The zero-order chi connectivity index (χ0) is 21.1. The maximum Gasteiger partial charge on any atom is 0.226 e. The van der Waals surface area contributed by atoms with Crippen LogP contribution in [-0.4, -0.2) is 20.4 Å². The predicted molar refractivity (Wildman–Crippen MR) is 121 cm³/mol. The summed E-state index contributed by atoms with van der Waals surface area (Å²) < 4.78 is 1.89. The lowest BCUT2D eigenvalue weighted by atomic mass is 10.1. The van der Waals surface area contributed by atoms with E-state index >= 15 is 0 Å². The van der Waals surface area contributed by atoms with Gasteiger partial charge >= 0.3 is 0 Å². The quantitative estimate of drug-likeness (QED) is 0.428. The number of benzene rings is 2. The second-order valence-corrected chi connectivity index (χ2v) is 8.45. The highest BCUT2D eigenvalue weighted by atomic mass is 35.5. The van der Waals surface area contributed by atoms with Gasteiger partial charge in [-0.2, -0.15) is 0 Å². The van der Waals surface area contributed by atoms with Gasteiger partial charge in [-0.05, 0) is 23.8 Å². The van der Waals surface area contributed by atoms with Gasteiger partial charge in [-0.25, -0.2) is 9.97 Å². The molecule has 1 unspecified atom stereocenters. The lowest BCUT2D eigenvalue weighted by Crippen LogP contribution is -2.32. The minimum atomic E-state index is -0.392. The SMILES string of the molecule is Cn1ccnc1C(NC(=O)Cc1csc(-c2ccccc2Cl)n1)c1ccc(Cl)cc1. The summed E-state index contributed by atoms with van der Waals surface area (Å²) in [6.45, 7) is 0. The van der Waals surface area contributed by atoms with Crippen LogP contribution in [0, 0.1) is 0 Å². The summed E-state index contributed by atoms with van der Waals surface area (Å²) in [6, 6.07) is 14.5. The second-order valence-electron chi connectivity index (χ2n) is 6.75. The first-order valence-corrected chi connectivity index (χ1v) is 10.9. The van der Waals surface area contributed by atoms with E-state index in [1.807, 2.05) is 59.6 Å². The molecule has 30 heavy (non-hydrogen) atoms. The van der Waals surface area contributed by atoms with Gasteiger partial charge in [0.25, 0.3) is 0 Å². The Balaban J connectivity index is 1.53. The molecule has 4 aromatic rings. The van der Waals surface area contributed by atoms with Crippen molar-refractivity contribution >= 4 is 40.4 Å². The molecule has 2 heterocycles. The van der Waals surface area contributed by atoms with Gasteiger partial charge in [0.1, 0.15) is 16.9 Å². The van der Waals surface area contributed by atoms with Gasteiger partial charge in [0.2, 0.25) is 5.91 Å².